The van der Waals surface area contributed by atoms with E-state index in [2.05, 4.69) is 19.1 Å². The summed E-state index contributed by atoms with van der Waals surface area (Å²) in [6.07, 6.45) is 30.1. The molecule has 0 aromatic rings. The fourth-order valence-corrected chi connectivity index (χ4v) is 3.41. The van der Waals surface area contributed by atoms with E-state index in [4.69, 9.17) is 5.11 Å². The van der Waals surface area contributed by atoms with Crippen molar-refractivity contribution in [1.82, 2.24) is 0 Å². The van der Waals surface area contributed by atoms with Crippen LogP contribution in [0.5, 0.6) is 0 Å². The highest BCUT2D eigenvalue weighted by Gasteiger charge is 1.96. The molecule has 1 N–H and O–H groups in total. The monoisotopic (exact) mass is 366 g/mol. The summed E-state index contributed by atoms with van der Waals surface area (Å²) in [6.45, 7) is 2.28. The van der Waals surface area contributed by atoms with Crippen molar-refractivity contribution in [3.05, 3.63) is 12.2 Å². The van der Waals surface area contributed by atoms with Crippen molar-refractivity contribution in [1.29, 1.82) is 0 Å². The van der Waals surface area contributed by atoms with Crippen LogP contribution in [0.4, 0.5) is 0 Å². The highest BCUT2D eigenvalue weighted by molar-refractivity contribution is 5.66. The zero-order valence-corrected chi connectivity index (χ0v) is 17.7. The molecule has 0 bridgehead atoms. The summed E-state index contributed by atoms with van der Waals surface area (Å²) < 4.78 is 0. The summed E-state index contributed by atoms with van der Waals surface area (Å²) >= 11 is 0. The molecule has 0 rings (SSSR count). The predicted octanol–water partition coefficient (Wildman–Crippen LogP) is 8.45. The molecule has 0 amide bonds. The van der Waals surface area contributed by atoms with Crippen LogP contribution in [0.2, 0.25) is 0 Å². The first-order chi connectivity index (χ1) is 12.8. The molecule has 0 fully saturated rings. The lowest BCUT2D eigenvalue weighted by atomic mass is 10.0. The summed E-state index contributed by atoms with van der Waals surface area (Å²) in [5, 5.41) is 8.56. The second-order valence-corrected chi connectivity index (χ2v) is 7.85. The Kier molecular flexibility index (Phi) is 21.6. The molecule has 0 spiro atoms. The minimum atomic E-state index is -0.661. The number of carbonyl (C=O) groups is 1. The second kappa shape index (κ2) is 22.3. The Labute approximate surface area is 163 Å². The third kappa shape index (κ3) is 23.2. The highest BCUT2D eigenvalue weighted by Crippen LogP contribution is 2.13. The van der Waals surface area contributed by atoms with Crippen LogP contribution in [0.25, 0.3) is 0 Å². The number of rotatable bonds is 21. The average molecular weight is 367 g/mol. The number of unbranched alkanes of at least 4 members (excludes halogenated alkanes) is 17. The molecule has 0 atom stereocenters. The summed E-state index contributed by atoms with van der Waals surface area (Å²) in [4.78, 5) is 10.4. The van der Waals surface area contributed by atoms with Crippen molar-refractivity contribution in [2.24, 2.45) is 0 Å². The van der Waals surface area contributed by atoms with E-state index < -0.39 is 5.97 Å². The third-order valence-electron chi connectivity index (χ3n) is 5.15. The van der Waals surface area contributed by atoms with E-state index in [0.29, 0.717) is 6.42 Å². The van der Waals surface area contributed by atoms with Gasteiger partial charge in [-0.1, -0.05) is 109 Å². The summed E-state index contributed by atoms with van der Waals surface area (Å²) in [7, 11) is 0. The molecule has 0 aromatic carbocycles. The van der Waals surface area contributed by atoms with Gasteiger partial charge in [-0.2, -0.15) is 0 Å². The van der Waals surface area contributed by atoms with E-state index in [9.17, 15) is 4.79 Å². The normalized spacial score (nSPS) is 11.4. The van der Waals surface area contributed by atoms with Crippen molar-refractivity contribution in [3.8, 4) is 0 Å². The summed E-state index contributed by atoms with van der Waals surface area (Å²) in [6, 6.07) is 0. The lowest BCUT2D eigenvalue weighted by Crippen LogP contribution is -1.93. The Morgan fingerprint density at radius 3 is 1.31 bits per heavy atom. The van der Waals surface area contributed by atoms with E-state index in [0.717, 1.165) is 12.8 Å². The zero-order valence-electron chi connectivity index (χ0n) is 17.7. The molecule has 26 heavy (non-hydrogen) atoms. The molecule has 0 saturated carbocycles. The molecule has 0 saturated heterocycles. The van der Waals surface area contributed by atoms with Crippen molar-refractivity contribution in [3.63, 3.8) is 0 Å². The van der Waals surface area contributed by atoms with Gasteiger partial charge in [-0.05, 0) is 32.1 Å². The fourth-order valence-electron chi connectivity index (χ4n) is 3.41. The number of allylic oxidation sites excluding steroid dienone is 2. The van der Waals surface area contributed by atoms with Gasteiger partial charge in [0.25, 0.3) is 0 Å². The first kappa shape index (κ1) is 25.2. The Hall–Kier alpha value is -0.790. The maximum Gasteiger partial charge on any atom is 0.303 e. The molecule has 0 unspecified atom stereocenters. The molecule has 2 heteroatoms. The Morgan fingerprint density at radius 2 is 0.923 bits per heavy atom. The van der Waals surface area contributed by atoms with E-state index in [1.165, 1.54) is 109 Å². The van der Waals surface area contributed by atoms with Gasteiger partial charge in [0.1, 0.15) is 0 Å². The lowest BCUT2D eigenvalue weighted by molar-refractivity contribution is -0.137. The molecule has 0 aliphatic heterocycles. The van der Waals surface area contributed by atoms with Gasteiger partial charge in [0.2, 0.25) is 0 Å². The van der Waals surface area contributed by atoms with Gasteiger partial charge in [-0.3, -0.25) is 4.79 Å². The molecule has 0 aliphatic carbocycles. The zero-order chi connectivity index (χ0) is 19.1. The smallest absolute Gasteiger partial charge is 0.303 e. The first-order valence-electron chi connectivity index (χ1n) is 11.6. The SMILES string of the molecule is CCCCCCCCCCCCCCC=CCCCCCCCC(=O)O. The third-order valence-corrected chi connectivity index (χ3v) is 5.15. The van der Waals surface area contributed by atoms with Crippen LogP contribution in [-0.2, 0) is 4.79 Å². The van der Waals surface area contributed by atoms with Crippen LogP contribution < -0.4 is 0 Å². The van der Waals surface area contributed by atoms with E-state index in [1.807, 2.05) is 0 Å². The van der Waals surface area contributed by atoms with Gasteiger partial charge in [0.05, 0.1) is 0 Å². The van der Waals surface area contributed by atoms with Gasteiger partial charge in [-0.15, -0.1) is 0 Å². The average Bonchev–Trinajstić information content (AvgIpc) is 2.62. The van der Waals surface area contributed by atoms with Crippen molar-refractivity contribution in [2.45, 2.75) is 135 Å². The number of hydrogen-bond donors (Lipinski definition) is 1. The first-order valence-corrected chi connectivity index (χ1v) is 11.6. The van der Waals surface area contributed by atoms with Gasteiger partial charge in [0.15, 0.2) is 0 Å². The number of hydrogen-bond acceptors (Lipinski definition) is 1. The molecule has 0 aromatic heterocycles. The van der Waals surface area contributed by atoms with Crippen LogP contribution in [0.15, 0.2) is 12.2 Å². The van der Waals surface area contributed by atoms with Crippen molar-refractivity contribution >= 4 is 5.97 Å². The summed E-state index contributed by atoms with van der Waals surface area (Å²) in [5.41, 5.74) is 0. The van der Waals surface area contributed by atoms with Crippen LogP contribution in [0.1, 0.15) is 135 Å². The van der Waals surface area contributed by atoms with Gasteiger partial charge in [0, 0.05) is 6.42 Å². The highest BCUT2D eigenvalue weighted by atomic mass is 16.4. The molecule has 0 aliphatic rings. The van der Waals surface area contributed by atoms with E-state index in [-0.39, 0.29) is 0 Å². The Balaban J connectivity index is 3.07. The molecule has 2 nitrogen and oxygen atoms in total. The number of carboxylic acids is 1. The predicted molar refractivity (Wildman–Crippen MR) is 115 cm³/mol. The lowest BCUT2D eigenvalue weighted by Gasteiger charge is -2.02. The van der Waals surface area contributed by atoms with Crippen LogP contribution in [0.3, 0.4) is 0 Å². The maximum absolute atomic E-state index is 10.4. The molecule has 0 radical (unpaired) electrons. The molecule has 154 valence electrons. The molecule has 0 heterocycles. The number of aliphatic carboxylic acids is 1. The molecular weight excluding hydrogens is 320 g/mol. The van der Waals surface area contributed by atoms with Gasteiger partial charge < -0.3 is 5.11 Å². The molecular formula is C24H46O2. The van der Waals surface area contributed by atoms with Crippen molar-refractivity contribution in [2.75, 3.05) is 0 Å². The largest absolute Gasteiger partial charge is 0.481 e. The Morgan fingerprint density at radius 1 is 0.577 bits per heavy atom. The second-order valence-electron chi connectivity index (χ2n) is 7.85. The minimum absolute atomic E-state index is 0.332. The van der Waals surface area contributed by atoms with Crippen LogP contribution in [-0.4, -0.2) is 11.1 Å². The maximum atomic E-state index is 10.4. The van der Waals surface area contributed by atoms with Gasteiger partial charge in [-0.25, -0.2) is 0 Å². The number of carboxylic acid groups (broad SMARTS) is 1. The fraction of sp³-hybridized carbons (Fsp3) is 0.875. The summed E-state index contributed by atoms with van der Waals surface area (Å²) in [5.74, 6) is -0.661. The topological polar surface area (TPSA) is 37.3 Å². The Bertz CT molecular complexity index is 309. The van der Waals surface area contributed by atoms with E-state index >= 15 is 0 Å². The minimum Gasteiger partial charge on any atom is -0.481 e. The van der Waals surface area contributed by atoms with Crippen LogP contribution >= 0.6 is 0 Å². The van der Waals surface area contributed by atoms with E-state index in [1.54, 1.807) is 0 Å². The van der Waals surface area contributed by atoms with Crippen LogP contribution in [0, 0.1) is 0 Å². The van der Waals surface area contributed by atoms with Gasteiger partial charge >= 0.3 is 5.97 Å². The standard InChI is InChI=1S/C24H46O2/c1-2-3-4-5-6-7-8-9-10-11-12-13-14-15-16-17-18-19-20-21-22-23-24(25)26/h15-16H,2-14,17-23H2,1H3,(H,25,26). The van der Waals surface area contributed by atoms with Crippen molar-refractivity contribution < 1.29 is 9.90 Å². The quantitative estimate of drug-likeness (QED) is 0.163.